The van der Waals surface area contributed by atoms with Gasteiger partial charge < -0.3 is 13.8 Å². The molecule has 0 aliphatic rings. The Morgan fingerprint density at radius 1 is 0.750 bits per heavy atom. The van der Waals surface area contributed by atoms with Gasteiger partial charge in [-0.05, 0) is 0 Å². The van der Waals surface area contributed by atoms with E-state index < -0.39 is 21.8 Å². The van der Waals surface area contributed by atoms with Gasteiger partial charge in [0.15, 0.2) is 0 Å². The standard InChI is InChI=1S/5C2H5.Bi.Cd/c5*1-2;;/h5*1H2,2H3;;/q;;;2*-1;;+2. The van der Waals surface area contributed by atoms with Crippen LogP contribution < -0.4 is 0 Å². The number of hydrogen-bond donors (Lipinski definition) is 0. The van der Waals surface area contributed by atoms with Crippen molar-refractivity contribution in [2.45, 2.75) is 47.0 Å². The van der Waals surface area contributed by atoms with Gasteiger partial charge in [0.1, 0.15) is 0 Å². The van der Waals surface area contributed by atoms with Gasteiger partial charge in [-0.1, -0.05) is 0 Å². The van der Waals surface area contributed by atoms with E-state index in [9.17, 15) is 0 Å². The molecular formula is C10H25BiCd. The summed E-state index contributed by atoms with van der Waals surface area (Å²) in [5, 5.41) is 0. The van der Waals surface area contributed by atoms with E-state index in [0.717, 1.165) is 0 Å². The maximum absolute atomic E-state index is 3.25. The first-order valence-electron chi connectivity index (χ1n) is 4.48. The third kappa shape index (κ3) is 22.6. The van der Waals surface area contributed by atoms with Crippen LogP contribution in [0.15, 0.2) is 0 Å². The minimum atomic E-state index is -0.711. The second-order valence-electron chi connectivity index (χ2n) is 1.62. The van der Waals surface area contributed by atoms with Crippen LogP contribution in [0.1, 0.15) is 34.6 Å². The minimum absolute atomic E-state index is 0. The topological polar surface area (TPSA) is 0 Å². The third-order valence-electron chi connectivity index (χ3n) is 1.34. The zero-order valence-corrected chi connectivity index (χ0v) is 17.2. The maximum Gasteiger partial charge on any atom is 2.00 e. The number of rotatable bonds is 3. The van der Waals surface area contributed by atoms with Gasteiger partial charge in [-0.15, -0.1) is 0 Å². The molecule has 0 aromatic carbocycles. The summed E-state index contributed by atoms with van der Waals surface area (Å²) >= 11 is -0.711. The average molecular weight is 467 g/mol. The molecule has 0 unspecified atom stereocenters. The van der Waals surface area contributed by atoms with Crippen molar-refractivity contribution >= 4 is 21.8 Å². The van der Waals surface area contributed by atoms with Gasteiger partial charge in [0.2, 0.25) is 0 Å². The van der Waals surface area contributed by atoms with E-state index in [1.807, 2.05) is 0 Å². The van der Waals surface area contributed by atoms with Crippen LogP contribution in [-0.2, 0) is 27.3 Å². The Morgan fingerprint density at radius 2 is 0.917 bits per heavy atom. The van der Waals surface area contributed by atoms with Gasteiger partial charge in [0.05, 0.1) is 0 Å². The molecule has 0 radical (unpaired) electrons. The van der Waals surface area contributed by atoms with Gasteiger partial charge in [-0.25, -0.2) is 0 Å². The van der Waals surface area contributed by atoms with Crippen LogP contribution in [0, 0.1) is 13.8 Å². The Bertz CT molecular complexity index is 31.3. The van der Waals surface area contributed by atoms with Crippen molar-refractivity contribution in [2.24, 2.45) is 0 Å². The van der Waals surface area contributed by atoms with Gasteiger partial charge in [-0.3, -0.25) is 0 Å². The molecule has 0 aromatic heterocycles. The summed E-state index contributed by atoms with van der Waals surface area (Å²) in [4.78, 5) is 0. The smallest absolute Gasteiger partial charge is 0.346 e. The molecule has 0 rings (SSSR count). The maximum atomic E-state index is 3.25. The van der Waals surface area contributed by atoms with Crippen molar-refractivity contribution in [1.29, 1.82) is 0 Å². The molecule has 0 aromatic rings. The van der Waals surface area contributed by atoms with Crippen molar-refractivity contribution < 1.29 is 27.3 Å². The van der Waals surface area contributed by atoms with Crippen LogP contribution in [0.25, 0.3) is 0 Å². The third-order valence-corrected chi connectivity index (χ3v) is 11.8. The minimum Gasteiger partial charge on any atom is -0.346 e. The molecule has 0 saturated carbocycles. The summed E-state index contributed by atoms with van der Waals surface area (Å²) in [6, 6.07) is 0. The zero-order chi connectivity index (χ0) is 9.70. The Hall–Kier alpha value is 1.81. The van der Waals surface area contributed by atoms with Crippen LogP contribution in [0.5, 0.6) is 0 Å². The predicted molar refractivity (Wildman–Crippen MR) is 59.3 cm³/mol. The normalized spacial score (nSPS) is 7.00. The molecule has 72 valence electrons. The van der Waals surface area contributed by atoms with Crippen molar-refractivity contribution in [1.82, 2.24) is 0 Å². The number of hydrogen-bond acceptors (Lipinski definition) is 0. The monoisotopic (exact) mass is 468 g/mol. The molecule has 0 N–H and O–H groups in total. The molecule has 2 heteroatoms. The van der Waals surface area contributed by atoms with Crippen LogP contribution in [-0.4, -0.2) is 21.8 Å². The average Bonchev–Trinajstić information content (AvgIpc) is 2.14. The van der Waals surface area contributed by atoms with Crippen LogP contribution in [0.4, 0.5) is 0 Å². The van der Waals surface area contributed by atoms with Crippen LogP contribution >= 0.6 is 0 Å². The summed E-state index contributed by atoms with van der Waals surface area (Å²) in [5.74, 6) is 0. The van der Waals surface area contributed by atoms with E-state index in [-0.39, 0.29) is 27.3 Å². The largest absolute Gasteiger partial charge is 2.00 e. The van der Waals surface area contributed by atoms with Gasteiger partial charge in [0, 0.05) is 0 Å². The van der Waals surface area contributed by atoms with E-state index in [2.05, 4.69) is 34.6 Å². The van der Waals surface area contributed by atoms with Crippen molar-refractivity contribution in [2.75, 3.05) is 0 Å². The zero-order valence-electron chi connectivity index (χ0n) is 9.69. The summed E-state index contributed by atoms with van der Waals surface area (Å²) in [6.45, 7) is 17.1. The molecule has 0 amide bonds. The second-order valence-corrected chi connectivity index (χ2v) is 14.2. The first-order chi connectivity index (χ1) is 5.35. The molecule has 0 spiro atoms. The van der Waals surface area contributed by atoms with Crippen LogP contribution in [0.2, 0.25) is 12.4 Å². The van der Waals surface area contributed by atoms with Crippen molar-refractivity contribution in [3.05, 3.63) is 13.8 Å². The SMILES string of the molecule is C[CH2][Bi]([CH2]C)[CH2]C.[CH2-]C.[CH2-]C.[Cd+2]. The van der Waals surface area contributed by atoms with E-state index in [0.29, 0.717) is 0 Å². The molecule has 0 aliphatic carbocycles. The van der Waals surface area contributed by atoms with E-state index in [4.69, 9.17) is 0 Å². The fraction of sp³-hybridized carbons (Fsp3) is 0.800. The molecule has 0 saturated heterocycles. The summed E-state index contributed by atoms with van der Waals surface area (Å²) in [5.41, 5.74) is 0. The van der Waals surface area contributed by atoms with Gasteiger partial charge in [0.25, 0.3) is 0 Å². The molecule has 0 aliphatic heterocycles. The van der Waals surface area contributed by atoms with Crippen LogP contribution in [0.3, 0.4) is 0 Å². The van der Waals surface area contributed by atoms with Gasteiger partial charge >= 0.3 is 82.2 Å². The Kier molecular flexibility index (Phi) is 57.5. The Balaban J connectivity index is -0.0000000560. The molecule has 12 heavy (non-hydrogen) atoms. The second kappa shape index (κ2) is 29.3. The fourth-order valence-electron chi connectivity index (χ4n) is 0.671. The first-order valence-corrected chi connectivity index (χ1v) is 11.9. The molecule has 0 bridgehead atoms. The van der Waals surface area contributed by atoms with Crippen molar-refractivity contribution in [3.8, 4) is 0 Å². The Morgan fingerprint density at radius 3 is 0.917 bits per heavy atom. The summed E-state index contributed by atoms with van der Waals surface area (Å²) in [6.07, 6.45) is 0. The van der Waals surface area contributed by atoms with Crippen molar-refractivity contribution in [3.63, 3.8) is 0 Å². The quantitative estimate of drug-likeness (QED) is 0.432. The van der Waals surface area contributed by atoms with E-state index >= 15 is 0 Å². The predicted octanol–water partition coefficient (Wildman–Crippen LogP) is 4.22. The molecular weight excluding hydrogens is 442 g/mol. The molecule has 0 nitrogen and oxygen atoms in total. The van der Waals surface area contributed by atoms with E-state index in [1.54, 1.807) is 26.2 Å². The summed E-state index contributed by atoms with van der Waals surface area (Å²) < 4.78 is 4.67. The van der Waals surface area contributed by atoms with Gasteiger partial charge in [-0.2, -0.15) is 13.8 Å². The Labute approximate surface area is 109 Å². The molecule has 0 fully saturated rings. The summed E-state index contributed by atoms with van der Waals surface area (Å²) in [7, 11) is 0. The fourth-order valence-corrected chi connectivity index (χ4v) is 5.89. The van der Waals surface area contributed by atoms with E-state index in [1.165, 1.54) is 0 Å². The first kappa shape index (κ1) is 23.5. The molecule has 0 heterocycles. The molecule has 0 atom stereocenters.